The van der Waals surface area contributed by atoms with E-state index in [1.807, 2.05) is 18.2 Å². The van der Waals surface area contributed by atoms with Crippen molar-refractivity contribution in [2.24, 2.45) is 11.8 Å². The molecule has 0 spiro atoms. The van der Waals surface area contributed by atoms with E-state index >= 15 is 8.78 Å². The Morgan fingerprint density at radius 1 is 0.632 bits per heavy atom. The minimum atomic E-state index is -0.231. The van der Waals surface area contributed by atoms with Crippen LogP contribution in [0.1, 0.15) is 139 Å². The second-order valence-corrected chi connectivity index (χ2v) is 12.5. The molecule has 210 valence electrons. The largest absolute Gasteiger partial charge is 0.251 e. The molecule has 0 amide bonds. The summed E-state index contributed by atoms with van der Waals surface area (Å²) in [4.78, 5) is 0. The van der Waals surface area contributed by atoms with E-state index in [2.05, 4.69) is 13.0 Å². The minimum absolute atomic E-state index is 0.172. The van der Waals surface area contributed by atoms with E-state index in [1.165, 1.54) is 70.6 Å². The first-order valence-electron chi connectivity index (χ1n) is 15.7. The molecule has 0 heterocycles. The van der Waals surface area contributed by atoms with Crippen molar-refractivity contribution in [1.82, 2.24) is 0 Å². The van der Waals surface area contributed by atoms with Gasteiger partial charge in [0.05, 0.1) is 6.67 Å². The fourth-order valence-electron chi connectivity index (χ4n) is 6.99. The van der Waals surface area contributed by atoms with Crippen molar-refractivity contribution in [3.8, 4) is 11.1 Å². The van der Waals surface area contributed by atoms with Gasteiger partial charge in [0.15, 0.2) is 0 Å². The van der Waals surface area contributed by atoms with Gasteiger partial charge >= 0.3 is 0 Å². The van der Waals surface area contributed by atoms with Gasteiger partial charge in [-0.1, -0.05) is 95.4 Å². The molecular formula is C35H49F3. The van der Waals surface area contributed by atoms with Crippen LogP contribution in [0.15, 0.2) is 36.4 Å². The van der Waals surface area contributed by atoms with Crippen LogP contribution in [0.4, 0.5) is 13.2 Å². The van der Waals surface area contributed by atoms with Crippen LogP contribution in [0.2, 0.25) is 0 Å². The maximum Gasteiger partial charge on any atom is 0.131 e. The van der Waals surface area contributed by atoms with Gasteiger partial charge in [-0.25, -0.2) is 8.78 Å². The van der Waals surface area contributed by atoms with Crippen molar-refractivity contribution in [1.29, 1.82) is 0 Å². The van der Waals surface area contributed by atoms with Crippen LogP contribution in [-0.2, 0) is 0 Å². The number of rotatable bonds is 13. The smallest absolute Gasteiger partial charge is 0.131 e. The number of alkyl halides is 1. The zero-order valence-electron chi connectivity index (χ0n) is 23.6. The number of hydrogen-bond acceptors (Lipinski definition) is 0. The van der Waals surface area contributed by atoms with Crippen LogP contribution < -0.4 is 0 Å². The van der Waals surface area contributed by atoms with E-state index in [0.29, 0.717) is 17.0 Å². The summed E-state index contributed by atoms with van der Waals surface area (Å²) in [6.07, 6.45) is 19.8. The zero-order chi connectivity index (χ0) is 26.7. The first-order chi connectivity index (χ1) is 18.5. The molecule has 38 heavy (non-hydrogen) atoms. The van der Waals surface area contributed by atoms with Gasteiger partial charge in [0.25, 0.3) is 0 Å². The maximum atomic E-state index is 15.2. The molecule has 0 unspecified atom stereocenters. The molecule has 2 aliphatic carbocycles. The highest BCUT2D eigenvalue weighted by molar-refractivity contribution is 5.65. The van der Waals surface area contributed by atoms with Crippen molar-refractivity contribution in [3.05, 3.63) is 59.2 Å². The minimum Gasteiger partial charge on any atom is -0.251 e. The summed E-state index contributed by atoms with van der Waals surface area (Å²) in [6, 6.07) is 11.0. The van der Waals surface area contributed by atoms with Crippen LogP contribution >= 0.6 is 0 Å². The van der Waals surface area contributed by atoms with Gasteiger partial charge in [0.2, 0.25) is 0 Å². The molecule has 0 atom stereocenters. The molecule has 4 rings (SSSR count). The Hall–Kier alpha value is -1.77. The number of unbranched alkanes of at least 4 members (excludes halogenated alkanes) is 7. The summed E-state index contributed by atoms with van der Waals surface area (Å²) in [6.45, 7) is 2.13. The lowest BCUT2D eigenvalue weighted by Crippen LogP contribution is -2.14. The lowest BCUT2D eigenvalue weighted by atomic mass is 9.76. The van der Waals surface area contributed by atoms with Crippen LogP contribution in [0.3, 0.4) is 0 Å². The van der Waals surface area contributed by atoms with Gasteiger partial charge in [0.1, 0.15) is 11.6 Å². The Labute approximate surface area is 229 Å². The van der Waals surface area contributed by atoms with Gasteiger partial charge in [-0.2, -0.15) is 0 Å². The van der Waals surface area contributed by atoms with Crippen LogP contribution in [-0.4, -0.2) is 6.67 Å². The van der Waals surface area contributed by atoms with Gasteiger partial charge in [-0.15, -0.1) is 0 Å². The first-order valence-corrected chi connectivity index (χ1v) is 15.7. The average Bonchev–Trinajstić information content (AvgIpc) is 2.93. The molecule has 0 nitrogen and oxygen atoms in total. The number of halogens is 3. The van der Waals surface area contributed by atoms with E-state index in [4.69, 9.17) is 0 Å². The maximum absolute atomic E-state index is 15.2. The fraction of sp³-hybridized carbons (Fsp3) is 0.657. The molecule has 2 saturated carbocycles. The lowest BCUT2D eigenvalue weighted by Gasteiger charge is -2.29. The van der Waals surface area contributed by atoms with Gasteiger partial charge in [0, 0.05) is 5.56 Å². The molecule has 0 aromatic heterocycles. The molecule has 0 N–H and O–H groups in total. The molecule has 0 radical (unpaired) electrons. The fourth-order valence-corrected chi connectivity index (χ4v) is 6.99. The predicted octanol–water partition coefficient (Wildman–Crippen LogP) is 11.7. The van der Waals surface area contributed by atoms with Crippen molar-refractivity contribution in [2.75, 3.05) is 6.67 Å². The Morgan fingerprint density at radius 3 is 1.89 bits per heavy atom. The van der Waals surface area contributed by atoms with Gasteiger partial charge < -0.3 is 0 Å². The van der Waals surface area contributed by atoms with E-state index < -0.39 is 0 Å². The van der Waals surface area contributed by atoms with E-state index in [1.54, 1.807) is 12.1 Å². The third kappa shape index (κ3) is 8.36. The normalized spacial score (nSPS) is 24.0. The summed E-state index contributed by atoms with van der Waals surface area (Å²) in [5.74, 6) is 1.88. The average molecular weight is 527 g/mol. The topological polar surface area (TPSA) is 0 Å². The van der Waals surface area contributed by atoms with Crippen molar-refractivity contribution < 1.29 is 13.2 Å². The lowest BCUT2D eigenvalue weighted by molar-refractivity contribution is 0.298. The Kier molecular flexibility index (Phi) is 11.6. The molecule has 2 fully saturated rings. The standard InChI is InChI=1S/C35H49F3/c1-26-11-15-28(16-12-26)30-19-21-33(34(37)24-30)31-20-22-32(35(38)25-31)29-17-13-27(14-18-29)10-8-6-4-2-3-5-7-9-23-36/h19-22,24-29H,2-18,23H2,1H3. The monoisotopic (exact) mass is 526 g/mol. The molecule has 0 bridgehead atoms. The highest BCUT2D eigenvalue weighted by atomic mass is 19.1. The van der Waals surface area contributed by atoms with Crippen LogP contribution in [0.25, 0.3) is 11.1 Å². The summed E-state index contributed by atoms with van der Waals surface area (Å²) < 4.78 is 42.4. The van der Waals surface area contributed by atoms with E-state index in [9.17, 15) is 4.39 Å². The van der Waals surface area contributed by atoms with Crippen molar-refractivity contribution >= 4 is 0 Å². The molecule has 0 saturated heterocycles. The molecule has 3 heteroatoms. The Morgan fingerprint density at radius 2 is 1.26 bits per heavy atom. The highest BCUT2D eigenvalue weighted by Crippen LogP contribution is 2.40. The quantitative estimate of drug-likeness (QED) is 0.228. The zero-order valence-corrected chi connectivity index (χ0v) is 23.6. The Bertz CT molecular complexity index is 967. The van der Waals surface area contributed by atoms with Gasteiger partial charge in [-0.05, 0) is 97.4 Å². The summed E-state index contributed by atoms with van der Waals surface area (Å²) in [5, 5.41) is 0. The third-order valence-electron chi connectivity index (χ3n) is 9.57. The van der Waals surface area contributed by atoms with Gasteiger partial charge in [-0.3, -0.25) is 4.39 Å². The molecule has 2 aliphatic rings. The third-order valence-corrected chi connectivity index (χ3v) is 9.57. The summed E-state index contributed by atoms with van der Waals surface area (Å²) in [7, 11) is 0. The van der Waals surface area contributed by atoms with Crippen molar-refractivity contribution in [2.45, 2.75) is 128 Å². The summed E-state index contributed by atoms with van der Waals surface area (Å²) in [5.41, 5.74) is 3.06. The second-order valence-electron chi connectivity index (χ2n) is 12.5. The highest BCUT2D eigenvalue weighted by Gasteiger charge is 2.25. The van der Waals surface area contributed by atoms with Crippen LogP contribution in [0.5, 0.6) is 0 Å². The Balaban J connectivity index is 1.22. The predicted molar refractivity (Wildman–Crippen MR) is 154 cm³/mol. The van der Waals surface area contributed by atoms with E-state index in [-0.39, 0.29) is 24.2 Å². The van der Waals surface area contributed by atoms with Crippen molar-refractivity contribution in [3.63, 3.8) is 0 Å². The molecule has 0 aliphatic heterocycles. The molecule has 2 aromatic carbocycles. The molecular weight excluding hydrogens is 477 g/mol. The molecule has 2 aromatic rings. The number of benzene rings is 2. The first kappa shape index (κ1) is 29.2. The number of hydrogen-bond donors (Lipinski definition) is 0. The second kappa shape index (κ2) is 15.1. The van der Waals surface area contributed by atoms with Crippen LogP contribution in [0, 0.1) is 23.5 Å². The SMILES string of the molecule is CC1CCC(c2ccc(-c3ccc(C4CCC(CCCCCCCCCCF)CC4)c(F)c3)c(F)c2)CC1. The summed E-state index contributed by atoms with van der Waals surface area (Å²) >= 11 is 0. The van der Waals surface area contributed by atoms with E-state index in [0.717, 1.165) is 61.5 Å².